The minimum atomic E-state index is -0.436. The molecule has 0 radical (unpaired) electrons. The van der Waals surface area contributed by atoms with Crippen molar-refractivity contribution in [1.29, 1.82) is 0 Å². The van der Waals surface area contributed by atoms with Crippen LogP contribution >= 0.6 is 22.6 Å². The van der Waals surface area contributed by atoms with Gasteiger partial charge in [-0.2, -0.15) is 5.10 Å². The number of amides is 2. The number of nitrogens with one attached hydrogen (secondary N) is 2. The summed E-state index contributed by atoms with van der Waals surface area (Å²) in [5.41, 5.74) is 5.55. The van der Waals surface area contributed by atoms with Crippen molar-refractivity contribution in [2.24, 2.45) is 5.10 Å². The standard InChI is InChI=1S/C24H22IN3O4/c1-15-4-6-16(7-5-15)14-26-28-24(30)19-13-18(25)9-10-20(19)27-23(29)17-8-11-21(31-2)22(12-17)32-3/h4-14H,1-3H3,(H,27,29)(H,28,30)/b26-14+. The fraction of sp³-hybridized carbons (Fsp3) is 0.125. The molecule has 0 aliphatic carbocycles. The van der Waals surface area contributed by atoms with Crippen molar-refractivity contribution in [1.82, 2.24) is 5.43 Å². The van der Waals surface area contributed by atoms with E-state index in [9.17, 15) is 9.59 Å². The quantitative estimate of drug-likeness (QED) is 0.259. The van der Waals surface area contributed by atoms with Crippen molar-refractivity contribution in [3.8, 4) is 11.5 Å². The highest BCUT2D eigenvalue weighted by atomic mass is 127. The molecule has 32 heavy (non-hydrogen) atoms. The Morgan fingerprint density at radius 1 is 0.906 bits per heavy atom. The molecule has 164 valence electrons. The first-order valence-electron chi connectivity index (χ1n) is 9.64. The van der Waals surface area contributed by atoms with Gasteiger partial charge < -0.3 is 14.8 Å². The van der Waals surface area contributed by atoms with E-state index < -0.39 is 5.91 Å². The van der Waals surface area contributed by atoms with Crippen molar-refractivity contribution in [2.45, 2.75) is 6.92 Å². The van der Waals surface area contributed by atoms with Gasteiger partial charge in [-0.1, -0.05) is 29.8 Å². The zero-order valence-electron chi connectivity index (χ0n) is 17.8. The van der Waals surface area contributed by atoms with Crippen LogP contribution in [0.3, 0.4) is 0 Å². The number of carbonyl (C=O) groups excluding carboxylic acids is 2. The lowest BCUT2D eigenvalue weighted by Crippen LogP contribution is -2.21. The molecule has 3 aromatic carbocycles. The first-order chi connectivity index (χ1) is 15.4. The molecule has 2 N–H and O–H groups in total. The van der Waals surface area contributed by atoms with Gasteiger partial charge in [0.1, 0.15) is 0 Å². The Morgan fingerprint density at radius 2 is 1.62 bits per heavy atom. The number of aryl methyl sites for hydroxylation is 1. The molecule has 0 aliphatic rings. The van der Waals surface area contributed by atoms with Crippen molar-refractivity contribution in [2.75, 3.05) is 19.5 Å². The molecule has 8 heteroatoms. The summed E-state index contributed by atoms with van der Waals surface area (Å²) in [5, 5.41) is 6.81. The summed E-state index contributed by atoms with van der Waals surface area (Å²) >= 11 is 2.11. The molecule has 2 amide bonds. The number of methoxy groups -OCH3 is 2. The van der Waals surface area contributed by atoms with Crippen molar-refractivity contribution < 1.29 is 19.1 Å². The van der Waals surface area contributed by atoms with Gasteiger partial charge >= 0.3 is 0 Å². The average Bonchev–Trinajstić information content (AvgIpc) is 2.80. The summed E-state index contributed by atoms with van der Waals surface area (Å²) in [6.07, 6.45) is 1.56. The Balaban J connectivity index is 1.77. The molecule has 0 aromatic heterocycles. The number of carbonyl (C=O) groups is 2. The Bertz CT molecular complexity index is 1160. The molecule has 0 atom stereocenters. The zero-order valence-corrected chi connectivity index (χ0v) is 20.0. The maximum absolute atomic E-state index is 12.8. The van der Waals surface area contributed by atoms with Crippen LogP contribution in [0.2, 0.25) is 0 Å². The van der Waals surface area contributed by atoms with Gasteiger partial charge in [0.25, 0.3) is 11.8 Å². The van der Waals surface area contributed by atoms with Gasteiger partial charge in [-0.05, 0) is 71.5 Å². The van der Waals surface area contributed by atoms with Gasteiger partial charge in [0, 0.05) is 9.13 Å². The fourth-order valence-corrected chi connectivity index (χ4v) is 3.35. The summed E-state index contributed by atoms with van der Waals surface area (Å²) < 4.78 is 11.3. The highest BCUT2D eigenvalue weighted by molar-refractivity contribution is 14.1. The topological polar surface area (TPSA) is 89.0 Å². The average molecular weight is 543 g/mol. The predicted octanol–water partition coefficient (Wildman–Crippen LogP) is 4.63. The van der Waals surface area contributed by atoms with E-state index in [2.05, 4.69) is 38.4 Å². The summed E-state index contributed by atoms with van der Waals surface area (Å²) in [5.74, 6) is 0.134. The molecular formula is C24H22IN3O4. The van der Waals surface area contributed by atoms with Crippen LogP contribution in [0.1, 0.15) is 31.8 Å². The lowest BCUT2D eigenvalue weighted by molar-refractivity contribution is 0.0956. The SMILES string of the molecule is COc1ccc(C(=O)Nc2ccc(I)cc2C(=O)N/N=C/c2ccc(C)cc2)cc1OC. The van der Waals surface area contributed by atoms with Crippen molar-refractivity contribution in [3.05, 3.63) is 86.5 Å². The first kappa shape index (κ1) is 23.3. The lowest BCUT2D eigenvalue weighted by Gasteiger charge is -2.12. The summed E-state index contributed by atoms with van der Waals surface area (Å²) in [6.45, 7) is 2.00. The van der Waals surface area contributed by atoms with E-state index in [1.54, 1.807) is 42.6 Å². The lowest BCUT2D eigenvalue weighted by atomic mass is 10.1. The van der Waals surface area contributed by atoms with Gasteiger partial charge in [-0.25, -0.2) is 5.43 Å². The fourth-order valence-electron chi connectivity index (χ4n) is 2.86. The van der Waals surface area contributed by atoms with Crippen LogP contribution in [0.25, 0.3) is 0 Å². The van der Waals surface area contributed by atoms with Crippen LogP contribution in [0.5, 0.6) is 11.5 Å². The molecule has 7 nitrogen and oxygen atoms in total. The van der Waals surface area contributed by atoms with E-state index in [1.165, 1.54) is 14.2 Å². The Labute approximate surface area is 200 Å². The highest BCUT2D eigenvalue weighted by Gasteiger charge is 2.16. The Hall–Kier alpha value is -3.40. The molecule has 0 saturated carbocycles. The van der Waals surface area contributed by atoms with Gasteiger partial charge in [-0.3, -0.25) is 9.59 Å². The summed E-state index contributed by atoms with van der Waals surface area (Å²) in [4.78, 5) is 25.5. The number of halogens is 1. The van der Waals surface area contributed by atoms with Gasteiger partial charge in [0.05, 0.1) is 31.7 Å². The number of nitrogens with zero attached hydrogens (tertiary/aromatic N) is 1. The van der Waals surface area contributed by atoms with E-state index in [0.717, 1.165) is 14.7 Å². The second-order valence-electron chi connectivity index (χ2n) is 6.82. The van der Waals surface area contributed by atoms with E-state index in [-0.39, 0.29) is 5.91 Å². The van der Waals surface area contributed by atoms with Gasteiger partial charge in [0.15, 0.2) is 11.5 Å². The molecule has 3 rings (SSSR count). The smallest absolute Gasteiger partial charge is 0.273 e. The third-order valence-corrected chi connectivity index (χ3v) is 5.25. The van der Waals surface area contributed by atoms with E-state index >= 15 is 0 Å². The maximum atomic E-state index is 12.8. The van der Waals surface area contributed by atoms with E-state index in [0.29, 0.717) is 28.3 Å². The largest absolute Gasteiger partial charge is 0.493 e. The Kier molecular flexibility index (Phi) is 7.82. The minimum Gasteiger partial charge on any atom is -0.493 e. The van der Waals surface area contributed by atoms with Crippen LogP contribution in [0.4, 0.5) is 5.69 Å². The molecule has 0 unspecified atom stereocenters. The monoisotopic (exact) mass is 543 g/mol. The van der Waals surface area contributed by atoms with Crippen LogP contribution in [-0.2, 0) is 0 Å². The number of anilines is 1. The molecule has 0 heterocycles. The number of hydrazone groups is 1. The highest BCUT2D eigenvalue weighted by Crippen LogP contribution is 2.28. The van der Waals surface area contributed by atoms with Crippen LogP contribution in [0, 0.1) is 10.5 Å². The third kappa shape index (κ3) is 5.85. The number of benzene rings is 3. The predicted molar refractivity (Wildman–Crippen MR) is 133 cm³/mol. The molecule has 0 bridgehead atoms. The summed E-state index contributed by atoms with van der Waals surface area (Å²) in [6, 6.07) is 17.7. The second-order valence-corrected chi connectivity index (χ2v) is 8.07. The maximum Gasteiger partial charge on any atom is 0.273 e. The number of hydrogen-bond acceptors (Lipinski definition) is 5. The van der Waals surface area contributed by atoms with Gasteiger partial charge in [-0.15, -0.1) is 0 Å². The number of hydrogen-bond donors (Lipinski definition) is 2. The number of ether oxygens (including phenoxy) is 2. The van der Waals surface area contributed by atoms with E-state index in [1.807, 2.05) is 31.2 Å². The Morgan fingerprint density at radius 3 is 2.31 bits per heavy atom. The summed E-state index contributed by atoms with van der Waals surface area (Å²) in [7, 11) is 3.02. The molecule has 0 spiro atoms. The molecule has 3 aromatic rings. The van der Waals surface area contributed by atoms with Crippen molar-refractivity contribution >= 4 is 46.3 Å². The third-order valence-electron chi connectivity index (χ3n) is 4.58. The van der Waals surface area contributed by atoms with Crippen LogP contribution in [0.15, 0.2) is 65.8 Å². The normalized spacial score (nSPS) is 10.6. The zero-order chi connectivity index (χ0) is 23.1. The molecule has 0 aliphatic heterocycles. The molecular weight excluding hydrogens is 521 g/mol. The van der Waals surface area contributed by atoms with Gasteiger partial charge in [0.2, 0.25) is 0 Å². The minimum absolute atomic E-state index is 0.298. The number of rotatable bonds is 7. The molecule has 0 saturated heterocycles. The first-order valence-corrected chi connectivity index (χ1v) is 10.7. The second kappa shape index (κ2) is 10.8. The van der Waals surface area contributed by atoms with Crippen molar-refractivity contribution in [3.63, 3.8) is 0 Å². The molecule has 0 fully saturated rings. The van der Waals surface area contributed by atoms with E-state index in [4.69, 9.17) is 9.47 Å². The van der Waals surface area contributed by atoms with Crippen LogP contribution in [-0.4, -0.2) is 32.2 Å². The van der Waals surface area contributed by atoms with Crippen LogP contribution < -0.4 is 20.2 Å².